The molecule has 2 rings (SSSR count). The van der Waals surface area contributed by atoms with Crippen molar-refractivity contribution in [2.45, 2.75) is 33.3 Å². The molecule has 1 aliphatic heterocycles. The van der Waals surface area contributed by atoms with Crippen molar-refractivity contribution in [1.29, 1.82) is 0 Å². The third kappa shape index (κ3) is 4.87. The van der Waals surface area contributed by atoms with E-state index in [2.05, 4.69) is 4.90 Å². The minimum Gasteiger partial charge on any atom is -0.444 e. The molecule has 25 heavy (non-hydrogen) atoms. The van der Waals surface area contributed by atoms with Gasteiger partial charge in [0.05, 0.1) is 0 Å². The average Bonchev–Trinajstić information content (AvgIpc) is 2.52. The van der Waals surface area contributed by atoms with Crippen molar-refractivity contribution < 1.29 is 14.3 Å². The number of hydrogen-bond acceptors (Lipinski definition) is 4. The standard InChI is InChI=1S/C19H29N3O3/c1-14-13-15(17(23)20(5)6)7-8-16(14)21-9-11-22(12-10-21)18(24)25-19(2,3)4/h7-8,13H,9-12H2,1-6H3. The molecule has 0 N–H and O–H groups in total. The molecule has 0 atom stereocenters. The van der Waals surface area contributed by atoms with Gasteiger partial charge in [0.15, 0.2) is 0 Å². The van der Waals surface area contributed by atoms with E-state index >= 15 is 0 Å². The number of ether oxygens (including phenoxy) is 1. The number of aryl methyl sites for hydroxylation is 1. The molecule has 2 amide bonds. The molecule has 0 aromatic heterocycles. The lowest BCUT2D eigenvalue weighted by Gasteiger charge is -2.37. The van der Waals surface area contributed by atoms with E-state index in [1.807, 2.05) is 45.9 Å². The second-order valence-corrected chi connectivity index (χ2v) is 7.66. The lowest BCUT2D eigenvalue weighted by molar-refractivity contribution is 0.0240. The third-order valence-electron chi connectivity index (χ3n) is 4.12. The molecule has 6 nitrogen and oxygen atoms in total. The second kappa shape index (κ2) is 7.33. The number of hydrogen-bond donors (Lipinski definition) is 0. The maximum Gasteiger partial charge on any atom is 0.410 e. The van der Waals surface area contributed by atoms with Gasteiger partial charge in [-0.15, -0.1) is 0 Å². The van der Waals surface area contributed by atoms with Crippen molar-refractivity contribution in [3.8, 4) is 0 Å². The third-order valence-corrected chi connectivity index (χ3v) is 4.12. The molecule has 0 saturated carbocycles. The summed E-state index contributed by atoms with van der Waals surface area (Å²) in [5.74, 6) is 0.00407. The predicted molar refractivity (Wildman–Crippen MR) is 99.2 cm³/mol. The average molecular weight is 347 g/mol. The van der Waals surface area contributed by atoms with E-state index in [0.717, 1.165) is 24.3 Å². The topological polar surface area (TPSA) is 53.1 Å². The van der Waals surface area contributed by atoms with Crippen LogP contribution in [0.3, 0.4) is 0 Å². The van der Waals surface area contributed by atoms with E-state index in [1.165, 1.54) is 0 Å². The van der Waals surface area contributed by atoms with Crippen LogP contribution in [-0.2, 0) is 4.74 Å². The first-order chi connectivity index (χ1) is 11.6. The lowest BCUT2D eigenvalue weighted by atomic mass is 10.1. The molecule has 0 radical (unpaired) electrons. The van der Waals surface area contributed by atoms with E-state index in [-0.39, 0.29) is 12.0 Å². The minimum atomic E-state index is -0.473. The number of nitrogens with zero attached hydrogens (tertiary/aromatic N) is 3. The largest absolute Gasteiger partial charge is 0.444 e. The summed E-state index contributed by atoms with van der Waals surface area (Å²) in [6, 6.07) is 5.79. The van der Waals surface area contributed by atoms with Crippen molar-refractivity contribution >= 4 is 17.7 Å². The zero-order valence-corrected chi connectivity index (χ0v) is 16.1. The summed E-state index contributed by atoms with van der Waals surface area (Å²) in [6.07, 6.45) is -0.254. The molecule has 1 aromatic rings. The Kier molecular flexibility index (Phi) is 5.60. The van der Waals surface area contributed by atoms with E-state index in [1.54, 1.807) is 23.9 Å². The molecule has 0 unspecified atom stereocenters. The summed E-state index contributed by atoms with van der Waals surface area (Å²) in [6.45, 7) is 10.4. The Morgan fingerprint density at radius 3 is 2.16 bits per heavy atom. The molecule has 1 saturated heterocycles. The fourth-order valence-corrected chi connectivity index (χ4v) is 2.86. The normalized spacial score (nSPS) is 15.1. The van der Waals surface area contributed by atoms with Gasteiger partial charge in [-0.05, 0) is 51.5 Å². The van der Waals surface area contributed by atoms with Crippen LogP contribution < -0.4 is 4.90 Å². The van der Waals surface area contributed by atoms with Gasteiger partial charge in [0, 0.05) is 51.5 Å². The SMILES string of the molecule is Cc1cc(C(=O)N(C)C)ccc1N1CCN(C(=O)OC(C)(C)C)CC1. The Hall–Kier alpha value is -2.24. The molecule has 1 aromatic carbocycles. The van der Waals surface area contributed by atoms with Crippen LogP contribution in [0.4, 0.5) is 10.5 Å². The molecule has 138 valence electrons. The highest BCUT2D eigenvalue weighted by atomic mass is 16.6. The van der Waals surface area contributed by atoms with Gasteiger partial charge in [0.1, 0.15) is 5.60 Å². The first-order valence-corrected chi connectivity index (χ1v) is 8.63. The first-order valence-electron chi connectivity index (χ1n) is 8.63. The smallest absolute Gasteiger partial charge is 0.410 e. The van der Waals surface area contributed by atoms with Crippen LogP contribution in [0.25, 0.3) is 0 Å². The van der Waals surface area contributed by atoms with E-state index in [4.69, 9.17) is 4.74 Å². The Labute approximate surface area is 150 Å². The van der Waals surface area contributed by atoms with E-state index in [0.29, 0.717) is 18.7 Å². The number of benzene rings is 1. The molecular formula is C19H29N3O3. The quantitative estimate of drug-likeness (QED) is 0.825. The lowest BCUT2D eigenvalue weighted by Crippen LogP contribution is -2.50. The number of anilines is 1. The highest BCUT2D eigenvalue weighted by Crippen LogP contribution is 2.23. The van der Waals surface area contributed by atoms with Crippen LogP contribution in [0.15, 0.2) is 18.2 Å². The molecular weight excluding hydrogens is 318 g/mol. The van der Waals surface area contributed by atoms with Crippen LogP contribution in [0, 0.1) is 6.92 Å². The summed E-state index contributed by atoms with van der Waals surface area (Å²) in [4.78, 5) is 29.8. The monoisotopic (exact) mass is 347 g/mol. The van der Waals surface area contributed by atoms with Gasteiger partial charge in [-0.2, -0.15) is 0 Å². The van der Waals surface area contributed by atoms with Crippen LogP contribution in [0.5, 0.6) is 0 Å². The fraction of sp³-hybridized carbons (Fsp3) is 0.579. The van der Waals surface area contributed by atoms with Gasteiger partial charge in [-0.25, -0.2) is 4.79 Å². The molecule has 0 bridgehead atoms. The van der Waals surface area contributed by atoms with Crippen molar-refractivity contribution in [3.05, 3.63) is 29.3 Å². The zero-order chi connectivity index (χ0) is 18.8. The summed E-state index contributed by atoms with van der Waals surface area (Å²) >= 11 is 0. The number of amides is 2. The fourth-order valence-electron chi connectivity index (χ4n) is 2.86. The minimum absolute atomic E-state index is 0.00407. The van der Waals surface area contributed by atoms with E-state index in [9.17, 15) is 9.59 Å². The molecule has 1 aliphatic rings. The van der Waals surface area contributed by atoms with Gasteiger partial charge in [-0.3, -0.25) is 4.79 Å². The summed E-state index contributed by atoms with van der Waals surface area (Å²) in [5.41, 5.74) is 2.40. The maximum absolute atomic E-state index is 12.2. The van der Waals surface area contributed by atoms with Crippen molar-refractivity contribution in [2.24, 2.45) is 0 Å². The van der Waals surface area contributed by atoms with Crippen LogP contribution in [0.2, 0.25) is 0 Å². The zero-order valence-electron chi connectivity index (χ0n) is 16.1. The summed E-state index contributed by atoms with van der Waals surface area (Å²) in [5, 5.41) is 0. The first kappa shape index (κ1) is 19.1. The highest BCUT2D eigenvalue weighted by Gasteiger charge is 2.26. The van der Waals surface area contributed by atoms with Gasteiger partial charge in [-0.1, -0.05) is 0 Å². The second-order valence-electron chi connectivity index (χ2n) is 7.66. The molecule has 1 heterocycles. The summed E-state index contributed by atoms with van der Waals surface area (Å²) < 4.78 is 5.43. The highest BCUT2D eigenvalue weighted by molar-refractivity contribution is 5.94. The Morgan fingerprint density at radius 1 is 1.08 bits per heavy atom. The van der Waals surface area contributed by atoms with Gasteiger partial charge < -0.3 is 19.4 Å². The molecule has 6 heteroatoms. The molecule has 0 aliphatic carbocycles. The maximum atomic E-state index is 12.2. The summed E-state index contributed by atoms with van der Waals surface area (Å²) in [7, 11) is 3.50. The van der Waals surface area contributed by atoms with Gasteiger partial charge >= 0.3 is 6.09 Å². The Balaban J connectivity index is 2.01. The van der Waals surface area contributed by atoms with Gasteiger partial charge in [0.2, 0.25) is 0 Å². The Bertz CT molecular complexity index is 642. The number of carbonyl (C=O) groups is 2. The van der Waals surface area contributed by atoms with Crippen LogP contribution in [0.1, 0.15) is 36.7 Å². The van der Waals surface area contributed by atoms with Crippen molar-refractivity contribution in [2.75, 3.05) is 45.2 Å². The number of rotatable bonds is 2. The van der Waals surface area contributed by atoms with Crippen molar-refractivity contribution in [1.82, 2.24) is 9.80 Å². The Morgan fingerprint density at radius 2 is 1.68 bits per heavy atom. The molecule has 1 fully saturated rings. The molecule has 0 spiro atoms. The number of carbonyl (C=O) groups excluding carboxylic acids is 2. The van der Waals surface area contributed by atoms with Crippen molar-refractivity contribution in [3.63, 3.8) is 0 Å². The van der Waals surface area contributed by atoms with E-state index < -0.39 is 5.60 Å². The number of piperazine rings is 1. The van der Waals surface area contributed by atoms with Crippen LogP contribution in [-0.4, -0.2) is 67.7 Å². The van der Waals surface area contributed by atoms with Crippen LogP contribution >= 0.6 is 0 Å². The van der Waals surface area contributed by atoms with Gasteiger partial charge in [0.25, 0.3) is 5.91 Å². The predicted octanol–water partition coefficient (Wildman–Crippen LogP) is 2.75.